The van der Waals surface area contributed by atoms with Crippen molar-refractivity contribution in [2.75, 3.05) is 6.61 Å². The number of esters is 1. The first kappa shape index (κ1) is 16.2. The molecule has 0 aliphatic heterocycles. The van der Waals surface area contributed by atoms with Crippen molar-refractivity contribution in [3.63, 3.8) is 0 Å². The predicted molar refractivity (Wildman–Crippen MR) is 69.6 cm³/mol. The molecule has 0 heterocycles. The molecule has 100 valence electrons. The van der Waals surface area contributed by atoms with Gasteiger partial charge in [0.2, 0.25) is 6.29 Å². The highest BCUT2D eigenvalue weighted by Gasteiger charge is 2.24. The van der Waals surface area contributed by atoms with E-state index in [1.807, 2.05) is 6.92 Å². The quantitative estimate of drug-likeness (QED) is 0.351. The van der Waals surface area contributed by atoms with Crippen LogP contribution in [0.1, 0.15) is 53.4 Å². The minimum absolute atomic E-state index is 0.276. The van der Waals surface area contributed by atoms with Crippen LogP contribution in [0.5, 0.6) is 0 Å². The van der Waals surface area contributed by atoms with Crippen molar-refractivity contribution in [1.82, 2.24) is 0 Å². The second-order valence-electron chi connectivity index (χ2n) is 4.32. The lowest BCUT2D eigenvalue weighted by Crippen LogP contribution is -2.30. The van der Waals surface area contributed by atoms with Crippen molar-refractivity contribution in [3.8, 4) is 0 Å². The Morgan fingerprint density at radius 3 is 2.35 bits per heavy atom. The molecule has 0 radical (unpaired) electrons. The largest absolute Gasteiger partial charge is 0.432 e. The lowest BCUT2D eigenvalue weighted by Gasteiger charge is -2.25. The Bertz CT molecular complexity index is 236. The predicted octanol–water partition coefficient (Wildman–Crippen LogP) is 3.68. The summed E-state index contributed by atoms with van der Waals surface area (Å²) < 4.78 is 10.9. The van der Waals surface area contributed by atoms with Gasteiger partial charge in [0.25, 0.3) is 0 Å². The van der Waals surface area contributed by atoms with Gasteiger partial charge in [0.15, 0.2) is 0 Å². The summed E-state index contributed by atoms with van der Waals surface area (Å²) >= 11 is 0. The number of rotatable bonds is 9. The van der Waals surface area contributed by atoms with Gasteiger partial charge in [-0.25, -0.2) is 4.79 Å². The molecule has 0 aromatic carbocycles. The maximum absolute atomic E-state index is 11.5. The van der Waals surface area contributed by atoms with Crippen LogP contribution in [-0.4, -0.2) is 18.9 Å². The molecule has 0 bridgehead atoms. The van der Waals surface area contributed by atoms with E-state index in [2.05, 4.69) is 20.4 Å². The van der Waals surface area contributed by atoms with E-state index in [1.54, 1.807) is 6.92 Å². The van der Waals surface area contributed by atoms with Crippen LogP contribution in [0, 0.1) is 5.92 Å². The van der Waals surface area contributed by atoms with Gasteiger partial charge in [0.05, 0.1) is 0 Å². The zero-order valence-corrected chi connectivity index (χ0v) is 11.6. The summed E-state index contributed by atoms with van der Waals surface area (Å²) in [5, 5.41) is 0. The molecule has 2 unspecified atom stereocenters. The molecule has 0 aromatic rings. The third-order valence-corrected chi connectivity index (χ3v) is 2.74. The molecule has 3 nitrogen and oxygen atoms in total. The van der Waals surface area contributed by atoms with Gasteiger partial charge in [-0.05, 0) is 26.7 Å². The maximum atomic E-state index is 11.5. The van der Waals surface area contributed by atoms with E-state index in [4.69, 9.17) is 9.47 Å². The summed E-state index contributed by atoms with van der Waals surface area (Å²) in [4.78, 5) is 11.5. The van der Waals surface area contributed by atoms with E-state index in [0.717, 1.165) is 25.7 Å². The second kappa shape index (κ2) is 9.23. The van der Waals surface area contributed by atoms with E-state index in [9.17, 15) is 4.79 Å². The smallest absolute Gasteiger partial charge is 0.335 e. The standard InChI is InChI=1S/C14H26O3/c1-6-9-10-12(7-2)14(16-8-3)17-13(15)11(4)5/h12,14H,4,6-10H2,1-3,5H3. The fourth-order valence-electron chi connectivity index (χ4n) is 1.64. The Balaban J connectivity index is 4.44. The minimum Gasteiger partial charge on any atom is -0.432 e. The molecule has 0 aliphatic rings. The Labute approximate surface area is 105 Å². The Morgan fingerprint density at radius 1 is 1.29 bits per heavy atom. The lowest BCUT2D eigenvalue weighted by atomic mass is 9.98. The van der Waals surface area contributed by atoms with E-state index in [1.165, 1.54) is 0 Å². The van der Waals surface area contributed by atoms with Crippen molar-refractivity contribution >= 4 is 5.97 Å². The van der Waals surface area contributed by atoms with Crippen LogP contribution in [-0.2, 0) is 14.3 Å². The Kier molecular flexibility index (Phi) is 8.78. The molecule has 0 amide bonds. The highest BCUT2D eigenvalue weighted by Crippen LogP contribution is 2.21. The summed E-state index contributed by atoms with van der Waals surface area (Å²) in [6, 6.07) is 0. The zero-order valence-electron chi connectivity index (χ0n) is 11.6. The molecule has 0 spiro atoms. The summed E-state index contributed by atoms with van der Waals surface area (Å²) in [5.41, 5.74) is 0.417. The first-order valence-electron chi connectivity index (χ1n) is 6.54. The molecule has 0 fully saturated rings. The van der Waals surface area contributed by atoms with Gasteiger partial charge >= 0.3 is 5.97 Å². The molecule has 17 heavy (non-hydrogen) atoms. The molecule has 0 aliphatic carbocycles. The van der Waals surface area contributed by atoms with Gasteiger partial charge in [-0.15, -0.1) is 0 Å². The highest BCUT2D eigenvalue weighted by atomic mass is 16.7. The van der Waals surface area contributed by atoms with Gasteiger partial charge in [0, 0.05) is 18.1 Å². The van der Waals surface area contributed by atoms with Crippen LogP contribution in [0.15, 0.2) is 12.2 Å². The van der Waals surface area contributed by atoms with Crippen LogP contribution in [0.2, 0.25) is 0 Å². The summed E-state index contributed by atoms with van der Waals surface area (Å²) in [5.74, 6) is -0.0865. The van der Waals surface area contributed by atoms with Crippen molar-refractivity contribution in [3.05, 3.63) is 12.2 Å². The normalized spacial score (nSPS) is 14.1. The van der Waals surface area contributed by atoms with Crippen molar-refractivity contribution < 1.29 is 14.3 Å². The first-order chi connectivity index (χ1) is 8.06. The Hall–Kier alpha value is -0.830. The molecule has 0 rings (SSSR count). The van der Waals surface area contributed by atoms with Crippen molar-refractivity contribution in [1.29, 1.82) is 0 Å². The van der Waals surface area contributed by atoms with E-state index in [0.29, 0.717) is 12.2 Å². The van der Waals surface area contributed by atoms with Gasteiger partial charge in [0.1, 0.15) is 0 Å². The topological polar surface area (TPSA) is 35.5 Å². The lowest BCUT2D eigenvalue weighted by molar-refractivity contribution is -0.187. The molecular formula is C14H26O3. The molecule has 0 saturated heterocycles. The van der Waals surface area contributed by atoms with Crippen LogP contribution < -0.4 is 0 Å². The number of hydrogen-bond acceptors (Lipinski definition) is 3. The second-order valence-corrected chi connectivity index (χ2v) is 4.32. The number of carbonyl (C=O) groups excluding carboxylic acids is 1. The highest BCUT2D eigenvalue weighted by molar-refractivity contribution is 5.87. The molecular weight excluding hydrogens is 216 g/mol. The van der Waals surface area contributed by atoms with E-state index >= 15 is 0 Å². The number of carbonyl (C=O) groups is 1. The van der Waals surface area contributed by atoms with Crippen LogP contribution in [0.3, 0.4) is 0 Å². The van der Waals surface area contributed by atoms with E-state index in [-0.39, 0.29) is 11.9 Å². The number of ether oxygens (including phenoxy) is 2. The Morgan fingerprint density at radius 2 is 1.94 bits per heavy atom. The molecule has 2 atom stereocenters. The fraction of sp³-hybridized carbons (Fsp3) is 0.786. The van der Waals surface area contributed by atoms with Crippen LogP contribution >= 0.6 is 0 Å². The molecule has 0 N–H and O–H groups in total. The maximum Gasteiger partial charge on any atom is 0.335 e. The van der Waals surface area contributed by atoms with E-state index < -0.39 is 6.29 Å². The van der Waals surface area contributed by atoms with Gasteiger partial charge in [-0.3, -0.25) is 0 Å². The number of hydrogen-bond donors (Lipinski definition) is 0. The number of unbranched alkanes of at least 4 members (excludes halogenated alkanes) is 1. The average molecular weight is 242 g/mol. The third kappa shape index (κ3) is 6.47. The van der Waals surface area contributed by atoms with Gasteiger partial charge in [-0.1, -0.05) is 33.3 Å². The molecule has 3 heteroatoms. The average Bonchev–Trinajstić information content (AvgIpc) is 2.29. The third-order valence-electron chi connectivity index (χ3n) is 2.74. The van der Waals surface area contributed by atoms with Crippen molar-refractivity contribution in [2.45, 2.75) is 59.7 Å². The van der Waals surface area contributed by atoms with Crippen molar-refractivity contribution in [2.24, 2.45) is 5.92 Å². The first-order valence-corrected chi connectivity index (χ1v) is 6.54. The van der Waals surface area contributed by atoms with Gasteiger partial charge in [-0.2, -0.15) is 0 Å². The zero-order chi connectivity index (χ0) is 13.3. The SMILES string of the molecule is C=C(C)C(=O)OC(OCC)C(CC)CCCC. The minimum atomic E-state index is -0.430. The summed E-state index contributed by atoms with van der Waals surface area (Å²) in [6.45, 7) is 12.0. The van der Waals surface area contributed by atoms with Gasteiger partial charge < -0.3 is 9.47 Å². The fourth-order valence-corrected chi connectivity index (χ4v) is 1.64. The molecule has 0 aromatic heterocycles. The summed E-state index contributed by atoms with van der Waals surface area (Å²) in [6.07, 6.45) is 3.83. The van der Waals surface area contributed by atoms with Crippen LogP contribution in [0.4, 0.5) is 0 Å². The summed E-state index contributed by atoms with van der Waals surface area (Å²) in [7, 11) is 0. The van der Waals surface area contributed by atoms with Crippen LogP contribution in [0.25, 0.3) is 0 Å². The monoisotopic (exact) mass is 242 g/mol. The molecule has 0 saturated carbocycles.